The fourth-order valence-electron chi connectivity index (χ4n) is 4.63. The molecule has 1 unspecified atom stereocenters. The van der Waals surface area contributed by atoms with Gasteiger partial charge in [-0.3, -0.25) is 4.40 Å². The van der Waals surface area contributed by atoms with Crippen LogP contribution < -0.4 is 16.4 Å². The number of nitrogens with one attached hydrogen (secondary N) is 2. The number of aryl methyl sites for hydroxylation is 1. The zero-order valence-electron chi connectivity index (χ0n) is 22.4. The Balaban J connectivity index is 1.57. The molecule has 0 saturated carbocycles. The van der Waals surface area contributed by atoms with Crippen molar-refractivity contribution >= 4 is 22.8 Å². The summed E-state index contributed by atoms with van der Waals surface area (Å²) in [6, 6.07) is 8.89. The lowest BCUT2D eigenvalue weighted by molar-refractivity contribution is 0.354. The number of fused-ring (bicyclic) bond motifs is 1. The van der Waals surface area contributed by atoms with Crippen LogP contribution in [0.4, 0.5) is 24.7 Å². The van der Waals surface area contributed by atoms with Gasteiger partial charge in [0.15, 0.2) is 23.1 Å². The lowest BCUT2D eigenvalue weighted by Gasteiger charge is -2.16. The van der Waals surface area contributed by atoms with Gasteiger partial charge in [-0.2, -0.15) is 0 Å². The Labute approximate surface area is 227 Å². The molecule has 4 N–H and O–H groups in total. The fraction of sp³-hybridized carbons (Fsp3) is 0.333. The third kappa shape index (κ3) is 6.42. The van der Waals surface area contributed by atoms with Crippen LogP contribution in [0.2, 0.25) is 0 Å². The van der Waals surface area contributed by atoms with Crippen LogP contribution in [0.15, 0.2) is 55.5 Å². The summed E-state index contributed by atoms with van der Waals surface area (Å²) in [6.45, 7) is 9.17. The van der Waals surface area contributed by atoms with Gasteiger partial charge in [0.2, 0.25) is 0 Å². The lowest BCUT2D eigenvalue weighted by atomic mass is 10.0. The van der Waals surface area contributed by atoms with Gasteiger partial charge in [-0.05, 0) is 62.1 Å². The van der Waals surface area contributed by atoms with E-state index in [-0.39, 0.29) is 17.5 Å². The van der Waals surface area contributed by atoms with Crippen LogP contribution in [-0.2, 0) is 12.8 Å². The molecule has 4 aromatic rings. The van der Waals surface area contributed by atoms with E-state index in [0.717, 1.165) is 54.7 Å². The van der Waals surface area contributed by atoms with E-state index in [1.165, 1.54) is 25.3 Å². The quantitative estimate of drug-likeness (QED) is 0.168. The Kier molecular flexibility index (Phi) is 9.24. The molecule has 1 atom stereocenters. The van der Waals surface area contributed by atoms with E-state index in [9.17, 15) is 13.2 Å². The van der Waals surface area contributed by atoms with E-state index >= 15 is 0 Å². The second-order valence-corrected chi connectivity index (χ2v) is 9.60. The third-order valence-corrected chi connectivity index (χ3v) is 6.66. The number of benzene rings is 2. The molecule has 6 nitrogen and oxygen atoms in total. The van der Waals surface area contributed by atoms with Gasteiger partial charge in [0.05, 0.1) is 11.9 Å². The standard InChI is InChI=1S/C30H35F3N6/c1-4-21-17-23(9-11-24(21)20(3)35-13-7-5-6-12-34)38-29-30-37-18-26(39(30)15-14-36-29)25-10-8-22(16-19(2)31)27(32)28(25)33/h8-11,14-15,17-19,35H,3-7,12-13,16,34H2,1-2H3,(H,36,38). The lowest BCUT2D eigenvalue weighted by Crippen LogP contribution is -2.14. The number of nitrogens with zero attached hydrogens (tertiary/aromatic N) is 3. The number of imidazole rings is 1. The second kappa shape index (κ2) is 12.8. The Bertz CT molecular complexity index is 1450. The molecule has 0 aliphatic heterocycles. The van der Waals surface area contributed by atoms with E-state index in [4.69, 9.17) is 5.73 Å². The molecular weight excluding hydrogens is 501 g/mol. The van der Waals surface area contributed by atoms with Crippen LogP contribution in [0.5, 0.6) is 0 Å². The molecule has 2 aromatic carbocycles. The molecule has 0 spiro atoms. The van der Waals surface area contributed by atoms with Crippen LogP contribution in [0.25, 0.3) is 22.6 Å². The average molecular weight is 537 g/mol. The zero-order chi connectivity index (χ0) is 27.9. The highest BCUT2D eigenvalue weighted by atomic mass is 19.2. The maximum Gasteiger partial charge on any atom is 0.180 e. The third-order valence-electron chi connectivity index (χ3n) is 6.66. The number of aromatic nitrogens is 3. The maximum absolute atomic E-state index is 15.0. The minimum atomic E-state index is -1.27. The number of halogens is 3. The maximum atomic E-state index is 15.0. The minimum Gasteiger partial charge on any atom is -0.385 e. The van der Waals surface area contributed by atoms with Crippen molar-refractivity contribution < 1.29 is 13.2 Å². The smallest absolute Gasteiger partial charge is 0.180 e. The Morgan fingerprint density at radius 1 is 1.08 bits per heavy atom. The summed E-state index contributed by atoms with van der Waals surface area (Å²) in [4.78, 5) is 8.86. The van der Waals surface area contributed by atoms with Crippen LogP contribution >= 0.6 is 0 Å². The summed E-state index contributed by atoms with van der Waals surface area (Å²) in [7, 11) is 0. The van der Waals surface area contributed by atoms with E-state index < -0.39 is 17.8 Å². The van der Waals surface area contributed by atoms with Crippen molar-refractivity contribution in [3.63, 3.8) is 0 Å². The fourth-order valence-corrected chi connectivity index (χ4v) is 4.63. The second-order valence-electron chi connectivity index (χ2n) is 9.60. The highest BCUT2D eigenvalue weighted by molar-refractivity contribution is 5.76. The summed E-state index contributed by atoms with van der Waals surface area (Å²) in [5.41, 5.74) is 10.3. The van der Waals surface area contributed by atoms with E-state index in [0.29, 0.717) is 23.7 Å². The van der Waals surface area contributed by atoms with E-state index in [2.05, 4.69) is 34.1 Å². The van der Waals surface area contributed by atoms with Crippen LogP contribution in [0.3, 0.4) is 0 Å². The van der Waals surface area contributed by atoms with Gasteiger partial charge in [0, 0.05) is 47.9 Å². The van der Waals surface area contributed by atoms with Crippen molar-refractivity contribution in [2.75, 3.05) is 18.4 Å². The number of unbranched alkanes of at least 4 members (excludes halogenated alkanes) is 2. The summed E-state index contributed by atoms with van der Waals surface area (Å²) in [5, 5.41) is 6.72. The Morgan fingerprint density at radius 2 is 1.90 bits per heavy atom. The SMILES string of the molecule is C=C(NCCCCCN)c1ccc(Nc2nccn3c(-c4ccc(CC(C)F)c(F)c4F)cnc23)cc1CC. The number of rotatable bonds is 13. The molecule has 2 heterocycles. The largest absolute Gasteiger partial charge is 0.385 e. The average Bonchev–Trinajstić information content (AvgIpc) is 3.36. The summed E-state index contributed by atoms with van der Waals surface area (Å²) in [5.74, 6) is -1.60. The molecule has 0 amide bonds. The Hall–Kier alpha value is -3.85. The molecule has 0 aliphatic carbocycles. The Morgan fingerprint density at radius 3 is 2.64 bits per heavy atom. The van der Waals surface area contributed by atoms with Gasteiger partial charge in [-0.1, -0.05) is 32.1 Å². The van der Waals surface area contributed by atoms with Gasteiger partial charge in [0.1, 0.15) is 6.17 Å². The van der Waals surface area contributed by atoms with Gasteiger partial charge >= 0.3 is 0 Å². The molecule has 9 heteroatoms. The molecule has 0 bridgehead atoms. The first-order valence-electron chi connectivity index (χ1n) is 13.3. The molecule has 0 saturated heterocycles. The monoisotopic (exact) mass is 536 g/mol. The molecule has 0 radical (unpaired) electrons. The number of alkyl halides is 1. The molecule has 4 rings (SSSR count). The number of nitrogens with two attached hydrogens (primary N) is 1. The molecular formula is C30H35F3N6. The highest BCUT2D eigenvalue weighted by Gasteiger charge is 2.20. The van der Waals surface area contributed by atoms with Crippen molar-refractivity contribution in [2.24, 2.45) is 5.73 Å². The van der Waals surface area contributed by atoms with Crippen molar-refractivity contribution in [1.29, 1.82) is 0 Å². The molecule has 0 aliphatic rings. The number of anilines is 2. The first kappa shape index (κ1) is 28.2. The summed E-state index contributed by atoms with van der Waals surface area (Å²) in [6.07, 6.45) is 7.17. The molecule has 39 heavy (non-hydrogen) atoms. The van der Waals surface area contributed by atoms with Gasteiger partial charge < -0.3 is 16.4 Å². The van der Waals surface area contributed by atoms with Gasteiger partial charge in [0.25, 0.3) is 0 Å². The van der Waals surface area contributed by atoms with Gasteiger partial charge in [-0.25, -0.2) is 23.1 Å². The topological polar surface area (TPSA) is 80.3 Å². The highest BCUT2D eigenvalue weighted by Crippen LogP contribution is 2.30. The van der Waals surface area contributed by atoms with Crippen LogP contribution in [0.1, 0.15) is 49.8 Å². The van der Waals surface area contributed by atoms with Gasteiger partial charge in [-0.15, -0.1) is 0 Å². The molecule has 206 valence electrons. The molecule has 0 fully saturated rings. The minimum absolute atomic E-state index is 0.00347. The van der Waals surface area contributed by atoms with E-state index in [1.54, 1.807) is 16.8 Å². The number of hydrogen-bond acceptors (Lipinski definition) is 5. The van der Waals surface area contributed by atoms with Crippen molar-refractivity contribution in [1.82, 2.24) is 19.7 Å². The summed E-state index contributed by atoms with van der Waals surface area (Å²) >= 11 is 0. The predicted molar refractivity (Wildman–Crippen MR) is 152 cm³/mol. The van der Waals surface area contributed by atoms with Crippen molar-refractivity contribution in [2.45, 2.75) is 52.1 Å². The first-order chi connectivity index (χ1) is 18.8. The first-order valence-corrected chi connectivity index (χ1v) is 13.3. The van der Waals surface area contributed by atoms with Crippen LogP contribution in [-0.4, -0.2) is 33.6 Å². The summed E-state index contributed by atoms with van der Waals surface area (Å²) < 4.78 is 44.7. The zero-order valence-corrected chi connectivity index (χ0v) is 22.4. The van der Waals surface area contributed by atoms with Crippen LogP contribution in [0, 0.1) is 11.6 Å². The normalized spacial score (nSPS) is 12.1. The van der Waals surface area contributed by atoms with Crippen molar-refractivity contribution in [3.8, 4) is 11.3 Å². The molecule has 2 aromatic heterocycles. The number of hydrogen-bond donors (Lipinski definition) is 3. The predicted octanol–water partition coefficient (Wildman–Crippen LogP) is 6.57. The van der Waals surface area contributed by atoms with E-state index in [1.807, 2.05) is 18.2 Å². The van der Waals surface area contributed by atoms with Crippen molar-refractivity contribution in [3.05, 3.63) is 83.8 Å².